The minimum Gasteiger partial charge on any atom is -0.134 e. The van der Waals surface area contributed by atoms with Gasteiger partial charge in [-0.3, -0.25) is 0 Å². The molecule has 0 rings (SSSR count). The molecule has 2 N–H and O–H groups in total. The van der Waals surface area contributed by atoms with Crippen LogP contribution >= 0.6 is 8.25 Å². The summed E-state index contributed by atoms with van der Waals surface area (Å²) in [4.78, 5) is 14.2. The molecule has 0 heterocycles. The summed E-state index contributed by atoms with van der Waals surface area (Å²) in [6.07, 6.45) is 29.3. The lowest BCUT2D eigenvalue weighted by Crippen LogP contribution is -2.01. The van der Waals surface area contributed by atoms with Crippen LogP contribution in [0.4, 0.5) is 0 Å². The summed E-state index contributed by atoms with van der Waals surface area (Å²) >= 11 is 0. The molecule has 0 saturated heterocycles. The van der Waals surface area contributed by atoms with E-state index in [1.807, 2.05) is 0 Å². The second-order valence-corrected chi connectivity index (χ2v) is 8.94. The number of hydrogen-bond acceptors (Lipinski definition) is 1. The van der Waals surface area contributed by atoms with Crippen molar-refractivity contribution < 1.29 is 14.4 Å². The van der Waals surface area contributed by atoms with Crippen molar-refractivity contribution in [2.75, 3.05) is 0 Å². The zero-order valence-electron chi connectivity index (χ0n) is 19.5. The Morgan fingerprint density at radius 1 is 0.500 bits per heavy atom. The zero-order chi connectivity index (χ0) is 21.3. The van der Waals surface area contributed by atoms with Gasteiger partial charge in [0.05, 0.1) is 0 Å². The summed E-state index contributed by atoms with van der Waals surface area (Å²) in [5.41, 5.74) is 0. The standard InChI is InChI=1S/C24H50.HO3P/c1-4-7-10-13-16-19-22-24(21-18-15-12-9-6-3)23-20-17-14-11-8-5-2;1-4(2)3/h24H,4-23H2,1-3H3;(H-,1,2,3)/p+1. The van der Waals surface area contributed by atoms with Crippen molar-refractivity contribution in [1.82, 2.24) is 0 Å². The van der Waals surface area contributed by atoms with E-state index in [0.29, 0.717) is 0 Å². The highest BCUT2D eigenvalue weighted by atomic mass is 31.1. The second kappa shape index (κ2) is 27.0. The summed E-state index contributed by atoms with van der Waals surface area (Å²) in [6, 6.07) is 0. The Kier molecular flexibility index (Phi) is 29.2. The van der Waals surface area contributed by atoms with Crippen LogP contribution in [0.2, 0.25) is 0 Å². The van der Waals surface area contributed by atoms with E-state index in [9.17, 15) is 0 Å². The lowest BCUT2D eigenvalue weighted by Gasteiger charge is -2.17. The predicted molar refractivity (Wildman–Crippen MR) is 125 cm³/mol. The van der Waals surface area contributed by atoms with Crippen molar-refractivity contribution in [1.29, 1.82) is 0 Å². The van der Waals surface area contributed by atoms with Gasteiger partial charge in [0.1, 0.15) is 0 Å². The van der Waals surface area contributed by atoms with E-state index in [0.717, 1.165) is 5.92 Å². The van der Waals surface area contributed by atoms with Gasteiger partial charge in [0.2, 0.25) is 0 Å². The third-order valence-electron chi connectivity index (χ3n) is 5.65. The van der Waals surface area contributed by atoms with Gasteiger partial charge in [-0.1, -0.05) is 149 Å². The first-order valence-electron chi connectivity index (χ1n) is 12.4. The monoisotopic (exact) mass is 419 g/mol. The lowest BCUT2D eigenvalue weighted by atomic mass is 9.89. The van der Waals surface area contributed by atoms with Crippen molar-refractivity contribution >= 4 is 8.25 Å². The molecule has 0 spiro atoms. The Balaban J connectivity index is 0. The molecular formula is C24H52O3P+. The summed E-state index contributed by atoms with van der Waals surface area (Å²) in [7, 11) is -2.87. The van der Waals surface area contributed by atoms with Gasteiger partial charge in [-0.15, -0.1) is 9.79 Å². The molecule has 0 bridgehead atoms. The van der Waals surface area contributed by atoms with Crippen molar-refractivity contribution in [3.63, 3.8) is 0 Å². The van der Waals surface area contributed by atoms with Crippen LogP contribution in [0.3, 0.4) is 0 Å². The molecule has 0 aliphatic rings. The quantitative estimate of drug-likeness (QED) is 0.153. The Morgan fingerprint density at radius 2 is 0.714 bits per heavy atom. The maximum absolute atomic E-state index is 8.70. The highest BCUT2D eigenvalue weighted by molar-refractivity contribution is 7.30. The van der Waals surface area contributed by atoms with E-state index >= 15 is 0 Å². The average molecular weight is 420 g/mol. The first-order valence-corrected chi connectivity index (χ1v) is 13.6. The molecule has 0 atom stereocenters. The molecule has 0 fully saturated rings. The van der Waals surface area contributed by atoms with Crippen LogP contribution in [0, 0.1) is 5.92 Å². The Morgan fingerprint density at radius 3 is 0.964 bits per heavy atom. The molecule has 0 unspecified atom stereocenters. The minimum atomic E-state index is -2.87. The highest BCUT2D eigenvalue weighted by Crippen LogP contribution is 2.24. The fraction of sp³-hybridized carbons (Fsp3) is 1.00. The van der Waals surface area contributed by atoms with Crippen LogP contribution in [0.25, 0.3) is 0 Å². The topological polar surface area (TPSA) is 57.5 Å². The van der Waals surface area contributed by atoms with Crippen LogP contribution < -0.4 is 0 Å². The summed E-state index contributed by atoms with van der Waals surface area (Å²) in [5, 5.41) is 0. The Labute approximate surface area is 178 Å². The maximum atomic E-state index is 8.70. The van der Waals surface area contributed by atoms with Gasteiger partial charge in [-0.25, -0.2) is 0 Å². The maximum Gasteiger partial charge on any atom is 0.692 e. The van der Waals surface area contributed by atoms with Gasteiger partial charge >= 0.3 is 8.25 Å². The molecule has 0 aliphatic heterocycles. The number of hydrogen-bond donors (Lipinski definition) is 2. The molecule has 0 radical (unpaired) electrons. The summed E-state index contributed by atoms with van der Waals surface area (Å²) in [5.74, 6) is 1.05. The van der Waals surface area contributed by atoms with Gasteiger partial charge in [-0.05, 0) is 5.92 Å². The van der Waals surface area contributed by atoms with Gasteiger partial charge in [0.15, 0.2) is 0 Å². The zero-order valence-corrected chi connectivity index (χ0v) is 20.4. The van der Waals surface area contributed by atoms with E-state index in [1.54, 1.807) is 0 Å². The van der Waals surface area contributed by atoms with Gasteiger partial charge in [0, 0.05) is 4.57 Å². The Bertz CT molecular complexity index is 278. The van der Waals surface area contributed by atoms with E-state index in [2.05, 4.69) is 20.8 Å². The molecule has 4 heteroatoms. The molecule has 0 amide bonds. The minimum absolute atomic E-state index is 1.05. The molecule has 0 aliphatic carbocycles. The highest BCUT2D eigenvalue weighted by Gasteiger charge is 2.08. The van der Waals surface area contributed by atoms with Crippen molar-refractivity contribution in [3.05, 3.63) is 0 Å². The summed E-state index contributed by atoms with van der Waals surface area (Å²) in [6.45, 7) is 6.95. The van der Waals surface area contributed by atoms with Crippen LogP contribution in [0.1, 0.15) is 149 Å². The van der Waals surface area contributed by atoms with E-state index in [-0.39, 0.29) is 0 Å². The van der Waals surface area contributed by atoms with Crippen molar-refractivity contribution in [2.45, 2.75) is 149 Å². The summed E-state index contributed by atoms with van der Waals surface area (Å²) < 4.78 is 8.70. The fourth-order valence-corrected chi connectivity index (χ4v) is 3.90. The largest absolute Gasteiger partial charge is 0.692 e. The van der Waals surface area contributed by atoms with Crippen LogP contribution in [-0.2, 0) is 4.57 Å². The molecule has 0 aromatic rings. The molecule has 3 nitrogen and oxygen atoms in total. The van der Waals surface area contributed by atoms with Crippen molar-refractivity contribution in [2.24, 2.45) is 5.92 Å². The van der Waals surface area contributed by atoms with Gasteiger partial charge in [0.25, 0.3) is 0 Å². The molecule has 0 aromatic carbocycles. The van der Waals surface area contributed by atoms with E-state index < -0.39 is 8.25 Å². The van der Waals surface area contributed by atoms with Crippen molar-refractivity contribution in [3.8, 4) is 0 Å². The lowest BCUT2D eigenvalue weighted by molar-refractivity contribution is 0.366. The molecule has 0 saturated carbocycles. The Hall–Kier alpha value is 0.0200. The first kappa shape index (κ1) is 30.2. The van der Waals surface area contributed by atoms with Gasteiger partial charge in [-0.2, -0.15) is 0 Å². The second-order valence-electron chi connectivity index (χ2n) is 8.43. The number of unbranched alkanes of at least 4 members (excludes halogenated alkanes) is 14. The smallest absolute Gasteiger partial charge is 0.134 e. The van der Waals surface area contributed by atoms with Crippen LogP contribution in [0.15, 0.2) is 0 Å². The third-order valence-corrected chi connectivity index (χ3v) is 5.65. The van der Waals surface area contributed by atoms with Crippen LogP contribution in [0.5, 0.6) is 0 Å². The predicted octanol–water partition coefficient (Wildman–Crippen LogP) is 9.09. The molecule has 0 aromatic heterocycles. The SMILES string of the molecule is CCCCCCCCC(CCCCCCC)CCCCCCCC.O=[P+](O)O. The fourth-order valence-electron chi connectivity index (χ4n) is 3.90. The normalized spacial score (nSPS) is 10.8. The van der Waals surface area contributed by atoms with E-state index in [4.69, 9.17) is 14.4 Å². The average Bonchev–Trinajstić information content (AvgIpc) is 2.66. The molecule has 170 valence electrons. The van der Waals surface area contributed by atoms with Crippen LogP contribution in [-0.4, -0.2) is 9.79 Å². The van der Waals surface area contributed by atoms with E-state index in [1.165, 1.54) is 128 Å². The first-order chi connectivity index (χ1) is 13.6. The number of rotatable bonds is 20. The molecular weight excluding hydrogens is 367 g/mol. The molecule has 28 heavy (non-hydrogen) atoms. The third kappa shape index (κ3) is 30.7. The van der Waals surface area contributed by atoms with Gasteiger partial charge < -0.3 is 0 Å².